The lowest BCUT2D eigenvalue weighted by atomic mass is 9.98. The minimum absolute atomic E-state index is 0.0251. The quantitative estimate of drug-likeness (QED) is 0.783. The predicted octanol–water partition coefficient (Wildman–Crippen LogP) is 4.31. The minimum atomic E-state index is -0.511. The maximum absolute atomic E-state index is 13.3. The number of rotatable bonds is 4. The molecule has 2 aromatic carbocycles. The van der Waals surface area contributed by atoms with Crippen molar-refractivity contribution in [1.82, 2.24) is 4.90 Å². The molecule has 0 aromatic heterocycles. The first-order chi connectivity index (χ1) is 10.6. The molecule has 1 saturated heterocycles. The van der Waals surface area contributed by atoms with Crippen molar-refractivity contribution in [2.45, 2.75) is 19.4 Å². The van der Waals surface area contributed by atoms with Crippen LogP contribution in [0, 0.1) is 5.82 Å². The first-order valence-electron chi connectivity index (χ1n) is 7.45. The molecular formula is C18H17ClFNO. The van der Waals surface area contributed by atoms with E-state index in [0.717, 1.165) is 25.2 Å². The fourth-order valence-electron chi connectivity index (χ4n) is 2.85. The van der Waals surface area contributed by atoms with E-state index >= 15 is 0 Å². The second-order valence-corrected chi connectivity index (χ2v) is 6.01. The zero-order chi connectivity index (χ0) is 15.5. The second kappa shape index (κ2) is 6.59. The Hall–Kier alpha value is -1.71. The Bertz CT molecular complexity index is 695. The summed E-state index contributed by atoms with van der Waals surface area (Å²) < 4.78 is 13.3. The van der Waals surface area contributed by atoms with E-state index in [1.54, 1.807) is 0 Å². The van der Waals surface area contributed by atoms with Crippen LogP contribution in [0.25, 0.3) is 0 Å². The van der Waals surface area contributed by atoms with Crippen molar-refractivity contribution in [2.24, 2.45) is 0 Å². The Balaban J connectivity index is 1.89. The molecule has 1 aliphatic rings. The van der Waals surface area contributed by atoms with E-state index in [9.17, 15) is 9.18 Å². The van der Waals surface area contributed by atoms with Crippen molar-refractivity contribution in [3.8, 4) is 0 Å². The smallest absolute Gasteiger partial charge is 0.193 e. The average Bonchev–Trinajstić information content (AvgIpc) is 3.03. The summed E-state index contributed by atoms with van der Waals surface area (Å²) in [4.78, 5) is 15.1. The van der Waals surface area contributed by atoms with E-state index in [2.05, 4.69) is 4.90 Å². The lowest BCUT2D eigenvalue weighted by molar-refractivity contribution is 0.103. The highest BCUT2D eigenvalue weighted by molar-refractivity contribution is 6.31. The van der Waals surface area contributed by atoms with Gasteiger partial charge in [-0.1, -0.05) is 35.9 Å². The highest BCUT2D eigenvalue weighted by atomic mass is 35.5. The van der Waals surface area contributed by atoms with Crippen LogP contribution in [-0.4, -0.2) is 23.8 Å². The van der Waals surface area contributed by atoms with Crippen LogP contribution in [0.3, 0.4) is 0 Å². The number of nitrogens with zero attached hydrogens (tertiary/aromatic N) is 1. The van der Waals surface area contributed by atoms with Gasteiger partial charge in [-0.2, -0.15) is 0 Å². The Kier molecular flexibility index (Phi) is 4.55. The van der Waals surface area contributed by atoms with Gasteiger partial charge in [-0.05, 0) is 49.7 Å². The molecule has 114 valence electrons. The third kappa shape index (κ3) is 3.21. The minimum Gasteiger partial charge on any atom is -0.299 e. The SMILES string of the molecule is O=C(c1ccc(F)c(Cl)c1)c1ccccc1CN1CCCC1. The zero-order valence-electron chi connectivity index (χ0n) is 12.2. The molecule has 0 aliphatic carbocycles. The third-order valence-corrected chi connectivity index (χ3v) is 4.33. The second-order valence-electron chi connectivity index (χ2n) is 5.60. The number of hydrogen-bond acceptors (Lipinski definition) is 2. The molecule has 0 saturated carbocycles. The van der Waals surface area contributed by atoms with Crippen molar-refractivity contribution in [3.05, 3.63) is 70.0 Å². The molecule has 0 radical (unpaired) electrons. The number of likely N-dealkylation sites (tertiary alicyclic amines) is 1. The van der Waals surface area contributed by atoms with E-state index in [1.807, 2.05) is 24.3 Å². The molecule has 0 bridgehead atoms. The molecule has 2 nitrogen and oxygen atoms in total. The average molecular weight is 318 g/mol. The highest BCUT2D eigenvalue weighted by Gasteiger charge is 2.18. The summed E-state index contributed by atoms with van der Waals surface area (Å²) in [5, 5.41) is -0.0251. The van der Waals surface area contributed by atoms with Crippen LogP contribution < -0.4 is 0 Å². The van der Waals surface area contributed by atoms with Crippen LogP contribution in [-0.2, 0) is 6.54 Å². The van der Waals surface area contributed by atoms with Gasteiger partial charge in [-0.3, -0.25) is 9.69 Å². The zero-order valence-corrected chi connectivity index (χ0v) is 12.9. The fraction of sp³-hybridized carbons (Fsp3) is 0.278. The highest BCUT2D eigenvalue weighted by Crippen LogP contribution is 2.22. The Morgan fingerprint density at radius 2 is 1.86 bits per heavy atom. The number of hydrogen-bond donors (Lipinski definition) is 0. The summed E-state index contributed by atoms with van der Waals surface area (Å²) >= 11 is 5.79. The van der Waals surface area contributed by atoms with Crippen molar-refractivity contribution >= 4 is 17.4 Å². The molecule has 4 heteroatoms. The molecule has 0 atom stereocenters. The van der Waals surface area contributed by atoms with Crippen LogP contribution in [0.15, 0.2) is 42.5 Å². The standard InChI is InChI=1S/C18H17ClFNO/c19-16-11-13(7-8-17(16)20)18(22)15-6-2-1-5-14(15)12-21-9-3-4-10-21/h1-2,5-8,11H,3-4,9-10,12H2. The normalized spacial score (nSPS) is 15.2. The molecule has 3 rings (SSSR count). The van der Waals surface area contributed by atoms with Gasteiger partial charge >= 0.3 is 0 Å². The van der Waals surface area contributed by atoms with E-state index in [1.165, 1.54) is 31.0 Å². The molecular weight excluding hydrogens is 301 g/mol. The van der Waals surface area contributed by atoms with Crippen LogP contribution in [0.1, 0.15) is 34.3 Å². The van der Waals surface area contributed by atoms with Crippen molar-refractivity contribution in [2.75, 3.05) is 13.1 Å². The van der Waals surface area contributed by atoms with Gasteiger partial charge in [0.1, 0.15) is 5.82 Å². The maximum atomic E-state index is 13.3. The van der Waals surface area contributed by atoms with E-state index in [-0.39, 0.29) is 10.8 Å². The van der Waals surface area contributed by atoms with E-state index < -0.39 is 5.82 Å². The van der Waals surface area contributed by atoms with Gasteiger partial charge in [0, 0.05) is 17.7 Å². The summed E-state index contributed by atoms with van der Waals surface area (Å²) in [6.07, 6.45) is 2.42. The van der Waals surface area contributed by atoms with Crippen LogP contribution in [0.5, 0.6) is 0 Å². The predicted molar refractivity (Wildman–Crippen MR) is 85.8 cm³/mol. The number of carbonyl (C=O) groups excluding carboxylic acids is 1. The van der Waals surface area contributed by atoms with Gasteiger partial charge in [-0.25, -0.2) is 4.39 Å². The summed E-state index contributed by atoms with van der Waals surface area (Å²) in [7, 11) is 0. The van der Waals surface area contributed by atoms with Gasteiger partial charge in [0.15, 0.2) is 5.78 Å². The number of benzene rings is 2. The maximum Gasteiger partial charge on any atom is 0.193 e. The largest absolute Gasteiger partial charge is 0.299 e. The van der Waals surface area contributed by atoms with Gasteiger partial charge in [0.05, 0.1) is 5.02 Å². The van der Waals surface area contributed by atoms with E-state index in [4.69, 9.17) is 11.6 Å². The van der Waals surface area contributed by atoms with Crippen molar-refractivity contribution in [1.29, 1.82) is 0 Å². The first-order valence-corrected chi connectivity index (χ1v) is 7.83. The number of halogens is 2. The molecule has 1 aliphatic heterocycles. The van der Waals surface area contributed by atoms with Crippen molar-refractivity contribution in [3.63, 3.8) is 0 Å². The first kappa shape index (κ1) is 15.2. The van der Waals surface area contributed by atoms with Gasteiger partial charge in [-0.15, -0.1) is 0 Å². The monoisotopic (exact) mass is 317 g/mol. The van der Waals surface area contributed by atoms with E-state index in [0.29, 0.717) is 11.1 Å². The molecule has 2 aromatic rings. The number of ketones is 1. The van der Waals surface area contributed by atoms with Crippen LogP contribution >= 0.6 is 11.6 Å². The topological polar surface area (TPSA) is 20.3 Å². The fourth-order valence-corrected chi connectivity index (χ4v) is 3.03. The summed E-state index contributed by atoms with van der Waals surface area (Å²) in [5.74, 6) is -0.625. The Morgan fingerprint density at radius 1 is 1.14 bits per heavy atom. The van der Waals surface area contributed by atoms with Crippen LogP contribution in [0.4, 0.5) is 4.39 Å². The lowest BCUT2D eigenvalue weighted by Crippen LogP contribution is -2.20. The summed E-state index contributed by atoms with van der Waals surface area (Å²) in [6, 6.07) is 11.7. The Morgan fingerprint density at radius 3 is 2.59 bits per heavy atom. The number of carbonyl (C=O) groups is 1. The molecule has 1 fully saturated rings. The van der Waals surface area contributed by atoms with Gasteiger partial charge in [0.2, 0.25) is 0 Å². The molecule has 1 heterocycles. The van der Waals surface area contributed by atoms with Gasteiger partial charge in [0.25, 0.3) is 0 Å². The molecule has 22 heavy (non-hydrogen) atoms. The van der Waals surface area contributed by atoms with Gasteiger partial charge < -0.3 is 0 Å². The van der Waals surface area contributed by atoms with Crippen molar-refractivity contribution < 1.29 is 9.18 Å². The molecule has 0 amide bonds. The Labute approximate surface area is 134 Å². The molecule has 0 unspecified atom stereocenters. The summed E-state index contributed by atoms with van der Waals surface area (Å²) in [6.45, 7) is 2.92. The van der Waals surface area contributed by atoms with Crippen LogP contribution in [0.2, 0.25) is 5.02 Å². The molecule has 0 spiro atoms. The third-order valence-electron chi connectivity index (χ3n) is 4.04. The molecule has 0 N–H and O–H groups in total. The summed E-state index contributed by atoms with van der Waals surface area (Å²) in [5.41, 5.74) is 2.09. The lowest BCUT2D eigenvalue weighted by Gasteiger charge is -2.17.